The van der Waals surface area contributed by atoms with E-state index in [0.717, 1.165) is 23.3 Å². The average molecular weight is 599 g/mol. The molecule has 35 heavy (non-hydrogen) atoms. The van der Waals surface area contributed by atoms with E-state index in [9.17, 15) is 27.6 Å². The van der Waals surface area contributed by atoms with E-state index in [2.05, 4.69) is 0 Å². The maximum absolute atomic E-state index is 12.8. The van der Waals surface area contributed by atoms with Gasteiger partial charge in [0, 0.05) is 0 Å². The number of carbonyl (C=O) groups excluding carboxylic acids is 3. The van der Waals surface area contributed by atoms with Crippen molar-refractivity contribution in [3.05, 3.63) is 91.5 Å². The number of Topliss-reactive ketones (excluding diaryl/α,β-unsaturated/α-hetero) is 2. The number of aryl methyl sites for hydroxylation is 1. The van der Waals surface area contributed by atoms with Gasteiger partial charge in [-0.25, -0.2) is 0 Å². The normalized spacial score (nSPS) is 14.6. The van der Waals surface area contributed by atoms with E-state index in [1.165, 1.54) is 26.4 Å². The summed E-state index contributed by atoms with van der Waals surface area (Å²) in [5.74, 6) is -0.976. The minimum absolute atomic E-state index is 0.0348. The van der Waals surface area contributed by atoms with E-state index in [0.29, 0.717) is 27.6 Å². The van der Waals surface area contributed by atoms with Crippen LogP contribution in [0.2, 0.25) is 0 Å². The zero-order chi connectivity index (χ0) is 25.8. The van der Waals surface area contributed by atoms with Crippen molar-refractivity contribution in [3.63, 3.8) is 0 Å². The number of alkyl halides is 3. The van der Waals surface area contributed by atoms with Gasteiger partial charge < -0.3 is 4.74 Å². The van der Waals surface area contributed by atoms with Gasteiger partial charge in [0.25, 0.3) is 0 Å². The number of benzene rings is 2. The monoisotopic (exact) mass is 599 g/mol. The van der Waals surface area contributed by atoms with Crippen molar-refractivity contribution in [2.75, 3.05) is 14.2 Å². The maximum atomic E-state index is 12.8. The standard InChI is InChI=1S/C26H23F3IO5/c1-15-20(23(33)25(35-3)24(34-2)22(15)32)14-17-6-4-16(5-7-17)8-13-21(31)30-19-11-9-18(10-12-19)26(27,28)29/h4-7,9-12H,8,13-14H2,1-3H3/q-1. The molecular weight excluding hydrogens is 576 g/mol. The first-order valence-electron chi connectivity index (χ1n) is 10.6. The Labute approximate surface area is 211 Å². The van der Waals surface area contributed by atoms with E-state index in [1.54, 1.807) is 6.92 Å². The quantitative estimate of drug-likeness (QED) is 0.249. The summed E-state index contributed by atoms with van der Waals surface area (Å²) < 4.78 is 48.8. The SMILES string of the molecule is COC1=C(OC)C(=O)C(Cc2ccc(CCC(=O)[I-]c3ccc(C(F)(F)F)cc3)cc2)=C(C)C1=O. The molecule has 5 nitrogen and oxygen atoms in total. The van der Waals surface area contributed by atoms with E-state index < -0.39 is 32.9 Å². The predicted molar refractivity (Wildman–Crippen MR) is 117 cm³/mol. The number of halogens is 4. The van der Waals surface area contributed by atoms with E-state index in [1.807, 2.05) is 24.3 Å². The van der Waals surface area contributed by atoms with Gasteiger partial charge in [0.15, 0.2) is 0 Å². The van der Waals surface area contributed by atoms with Crippen molar-refractivity contribution in [2.45, 2.75) is 32.4 Å². The summed E-state index contributed by atoms with van der Waals surface area (Å²) in [5, 5.41) is 0. The summed E-state index contributed by atoms with van der Waals surface area (Å²) in [7, 11) is 2.63. The first-order valence-corrected chi connectivity index (χ1v) is 12.7. The molecule has 0 spiro atoms. The fraction of sp³-hybridized carbons (Fsp3) is 0.269. The number of methoxy groups -OCH3 is 2. The molecule has 0 bridgehead atoms. The fourth-order valence-corrected chi connectivity index (χ4v) is 5.50. The topological polar surface area (TPSA) is 69.7 Å². The average Bonchev–Trinajstić information content (AvgIpc) is 2.83. The van der Waals surface area contributed by atoms with E-state index in [-0.39, 0.29) is 33.3 Å². The van der Waals surface area contributed by atoms with Gasteiger partial charge in [0.05, 0.1) is 14.2 Å². The van der Waals surface area contributed by atoms with Gasteiger partial charge in [0.2, 0.25) is 0 Å². The molecule has 0 saturated carbocycles. The van der Waals surface area contributed by atoms with Crippen molar-refractivity contribution < 1.29 is 58.2 Å². The van der Waals surface area contributed by atoms with Crippen LogP contribution < -0.4 is 21.2 Å². The number of carbonyl (C=O) groups is 3. The second-order valence-corrected chi connectivity index (χ2v) is 10.8. The molecule has 3 rings (SSSR count). The van der Waals surface area contributed by atoms with Gasteiger partial charge in [-0.15, -0.1) is 0 Å². The Morgan fingerprint density at radius 2 is 1.40 bits per heavy atom. The third-order valence-electron chi connectivity index (χ3n) is 5.49. The summed E-state index contributed by atoms with van der Waals surface area (Å²) in [6.07, 6.45) is -3.34. The molecule has 0 amide bonds. The van der Waals surface area contributed by atoms with Crippen LogP contribution in [0.3, 0.4) is 0 Å². The molecule has 0 fully saturated rings. The fourth-order valence-electron chi connectivity index (χ4n) is 3.55. The number of hydrogen-bond donors (Lipinski definition) is 0. The molecular formula is C26H23F3IO5-. The molecule has 0 saturated heterocycles. The Bertz CT molecular complexity index is 1190. The van der Waals surface area contributed by atoms with Crippen LogP contribution in [0.4, 0.5) is 13.2 Å². The van der Waals surface area contributed by atoms with Crippen molar-refractivity contribution >= 4 is 15.4 Å². The molecule has 186 valence electrons. The van der Waals surface area contributed by atoms with Gasteiger partial charge in [0.1, 0.15) is 0 Å². The van der Waals surface area contributed by atoms with E-state index in [4.69, 9.17) is 9.47 Å². The zero-order valence-corrected chi connectivity index (χ0v) is 21.5. The van der Waals surface area contributed by atoms with Gasteiger partial charge >= 0.3 is 193 Å². The van der Waals surface area contributed by atoms with Crippen LogP contribution in [0.1, 0.15) is 30.0 Å². The summed E-state index contributed by atoms with van der Waals surface area (Å²) >= 11 is -1.04. The Morgan fingerprint density at radius 3 is 1.94 bits per heavy atom. The molecule has 0 atom stereocenters. The van der Waals surface area contributed by atoms with Gasteiger partial charge in [-0.2, -0.15) is 0 Å². The molecule has 0 heterocycles. The van der Waals surface area contributed by atoms with Crippen molar-refractivity contribution in [1.29, 1.82) is 0 Å². The molecule has 0 N–H and O–H groups in total. The van der Waals surface area contributed by atoms with Gasteiger partial charge in [-0.1, -0.05) is 0 Å². The second-order valence-electron chi connectivity index (χ2n) is 7.78. The van der Waals surface area contributed by atoms with Crippen molar-refractivity contribution in [1.82, 2.24) is 0 Å². The van der Waals surface area contributed by atoms with Crippen LogP contribution in [0, 0.1) is 3.57 Å². The number of hydrogen-bond acceptors (Lipinski definition) is 5. The second kappa shape index (κ2) is 11.2. The minimum atomic E-state index is -4.39. The molecule has 9 heteroatoms. The van der Waals surface area contributed by atoms with Gasteiger partial charge in [-0.05, 0) is 0 Å². The molecule has 1 aliphatic carbocycles. The van der Waals surface area contributed by atoms with Crippen molar-refractivity contribution in [2.24, 2.45) is 0 Å². The predicted octanol–water partition coefficient (Wildman–Crippen LogP) is 1.64. The Balaban J connectivity index is 1.59. The summed E-state index contributed by atoms with van der Waals surface area (Å²) in [6, 6.07) is 12.1. The molecule has 0 aliphatic heterocycles. The van der Waals surface area contributed by atoms with Gasteiger partial charge in [-0.3, -0.25) is 0 Å². The third kappa shape index (κ3) is 6.39. The summed E-state index contributed by atoms with van der Waals surface area (Å²) in [6.45, 7) is 1.58. The molecule has 0 unspecified atom stereocenters. The zero-order valence-electron chi connectivity index (χ0n) is 19.3. The Hall–Kier alpha value is -2.95. The number of allylic oxidation sites excluding steroid dienone is 2. The van der Waals surface area contributed by atoms with Crippen LogP contribution in [0.15, 0.2) is 71.2 Å². The molecule has 1 aliphatic rings. The van der Waals surface area contributed by atoms with Crippen LogP contribution in [0.25, 0.3) is 0 Å². The first kappa shape index (κ1) is 26.7. The van der Waals surface area contributed by atoms with Crippen LogP contribution in [0.5, 0.6) is 0 Å². The number of ether oxygens (including phenoxy) is 2. The number of rotatable bonds is 9. The van der Waals surface area contributed by atoms with Crippen molar-refractivity contribution in [3.8, 4) is 0 Å². The molecule has 2 aromatic carbocycles. The number of ketones is 2. The molecule has 0 aromatic heterocycles. The molecule has 2 aromatic rings. The van der Waals surface area contributed by atoms with Crippen LogP contribution in [-0.2, 0) is 42.9 Å². The molecule has 0 radical (unpaired) electrons. The van der Waals surface area contributed by atoms with Crippen LogP contribution >= 0.6 is 0 Å². The first-order chi connectivity index (χ1) is 16.5. The summed E-state index contributed by atoms with van der Waals surface area (Å²) in [5.41, 5.74) is 1.68. The Morgan fingerprint density at radius 1 is 0.857 bits per heavy atom. The Kier molecular flexibility index (Phi) is 8.52. The summed E-state index contributed by atoms with van der Waals surface area (Å²) in [4.78, 5) is 37.6. The third-order valence-corrected chi connectivity index (χ3v) is 7.98. The van der Waals surface area contributed by atoms with E-state index >= 15 is 0 Å². The van der Waals surface area contributed by atoms with Crippen LogP contribution in [-0.4, -0.2) is 29.6 Å².